The Morgan fingerprint density at radius 3 is 1.84 bits per heavy atom. The van der Waals surface area contributed by atoms with Gasteiger partial charge in [-0.1, -0.05) is 234 Å². The van der Waals surface area contributed by atoms with E-state index in [0.717, 1.165) is 23.5 Å². The number of hydrogen-bond acceptors (Lipinski definition) is 2. The van der Waals surface area contributed by atoms with Crippen LogP contribution >= 0.6 is 0 Å². The van der Waals surface area contributed by atoms with E-state index in [-0.39, 0.29) is 17.3 Å². The van der Waals surface area contributed by atoms with Gasteiger partial charge in [0.1, 0.15) is 0 Å². The molecule has 0 amide bonds. The van der Waals surface area contributed by atoms with E-state index in [0.29, 0.717) is 5.92 Å². The van der Waals surface area contributed by atoms with Crippen LogP contribution in [0.4, 0.5) is 34.1 Å². The lowest BCUT2D eigenvalue weighted by Gasteiger charge is -2.50. The average Bonchev–Trinajstić information content (AvgIpc) is 3.65. The van der Waals surface area contributed by atoms with Crippen molar-refractivity contribution in [2.75, 3.05) is 9.80 Å². The van der Waals surface area contributed by atoms with Crippen molar-refractivity contribution in [1.82, 2.24) is 0 Å². The topological polar surface area (TPSA) is 6.48 Å². The minimum Gasteiger partial charge on any atom is -0.310 e. The van der Waals surface area contributed by atoms with Crippen molar-refractivity contribution < 1.29 is 0 Å². The van der Waals surface area contributed by atoms with E-state index in [9.17, 15) is 0 Å². The number of allylic oxidation sites excluding steroid dienone is 12. The summed E-state index contributed by atoms with van der Waals surface area (Å²) in [5.74, 6) is 0.687. The third kappa shape index (κ3) is 6.79. The molecule has 0 aromatic heterocycles. The maximum atomic E-state index is 2.64. The summed E-state index contributed by atoms with van der Waals surface area (Å²) in [6, 6.07) is 73.6. The van der Waals surface area contributed by atoms with Crippen molar-refractivity contribution in [2.45, 2.75) is 50.9 Å². The smallest absolute Gasteiger partial charge is 0.0546 e. The Kier molecular flexibility index (Phi) is 9.95. The largest absolute Gasteiger partial charge is 0.310 e. The number of hydrogen-bond donors (Lipinski definition) is 0. The monoisotopic (exact) mass is 974 g/mol. The summed E-state index contributed by atoms with van der Waals surface area (Å²) in [5.41, 5.74) is 18.9. The highest BCUT2D eigenvalue weighted by Crippen LogP contribution is 2.62. The van der Waals surface area contributed by atoms with Crippen LogP contribution in [0.15, 0.2) is 266 Å². The van der Waals surface area contributed by atoms with Crippen LogP contribution in [0.2, 0.25) is 0 Å². The van der Waals surface area contributed by atoms with Crippen molar-refractivity contribution in [3.05, 3.63) is 299 Å². The quantitative estimate of drug-likeness (QED) is 0.147. The molecular weight excluding hydrogens is 917 g/mol. The van der Waals surface area contributed by atoms with Crippen LogP contribution < -0.4 is 9.80 Å². The Morgan fingerprint density at radius 2 is 1.05 bits per heavy atom. The molecular formula is C74H58N2. The second-order valence-electron chi connectivity index (χ2n) is 22.8. The molecule has 0 spiro atoms. The summed E-state index contributed by atoms with van der Waals surface area (Å²) in [7, 11) is 0. The van der Waals surface area contributed by atoms with Crippen LogP contribution in [0.1, 0.15) is 67.0 Å². The molecule has 2 nitrogen and oxygen atoms in total. The molecule has 10 aromatic rings. The highest BCUT2D eigenvalue weighted by Gasteiger charge is 2.47. The molecule has 5 aliphatic rings. The lowest BCUT2D eigenvalue weighted by atomic mass is 9.64. The molecule has 3 unspecified atom stereocenters. The first kappa shape index (κ1) is 44.7. The number of anilines is 6. The molecule has 10 aromatic carbocycles. The lowest BCUT2D eigenvalue weighted by Crippen LogP contribution is -2.38. The van der Waals surface area contributed by atoms with Crippen molar-refractivity contribution in [3.63, 3.8) is 0 Å². The van der Waals surface area contributed by atoms with Gasteiger partial charge < -0.3 is 9.80 Å². The highest BCUT2D eigenvalue weighted by molar-refractivity contribution is 6.15. The summed E-state index contributed by atoms with van der Waals surface area (Å²) in [6.07, 6.45) is 22.0. The summed E-state index contributed by atoms with van der Waals surface area (Å²) in [5, 5.41) is 9.97. The molecule has 15 rings (SSSR count). The Morgan fingerprint density at radius 1 is 0.461 bits per heavy atom. The van der Waals surface area contributed by atoms with E-state index in [4.69, 9.17) is 0 Å². The molecule has 2 aliphatic heterocycles. The summed E-state index contributed by atoms with van der Waals surface area (Å²) >= 11 is 0. The van der Waals surface area contributed by atoms with E-state index in [1.807, 2.05) is 0 Å². The van der Waals surface area contributed by atoms with Crippen molar-refractivity contribution >= 4 is 77.2 Å². The molecule has 0 radical (unpaired) electrons. The molecule has 3 atom stereocenters. The Bertz CT molecular complexity index is 4300. The van der Waals surface area contributed by atoms with Gasteiger partial charge in [0, 0.05) is 45.3 Å². The third-order valence-electron chi connectivity index (χ3n) is 17.9. The SMILES string of the molecule is CC1(C)c2ccccc2N2c3ccc(N(c4ccc5ccccc5c4)c4cc5ccccc5c5ccccc45)cc3C(C)(C)c3cc(C(Cc4ccc5ccccc5c4)C4=C5C=CC=CC5C5C=CC=CC5=C4)cc1c32. The molecule has 2 heterocycles. The molecule has 3 aliphatic carbocycles. The molecule has 0 bridgehead atoms. The van der Waals surface area contributed by atoms with Crippen LogP contribution in [-0.4, -0.2) is 0 Å². The Labute approximate surface area is 446 Å². The van der Waals surface area contributed by atoms with E-state index in [1.54, 1.807) is 0 Å². The van der Waals surface area contributed by atoms with Gasteiger partial charge >= 0.3 is 0 Å². The zero-order valence-corrected chi connectivity index (χ0v) is 43.5. The predicted molar refractivity (Wildman–Crippen MR) is 322 cm³/mol. The maximum absolute atomic E-state index is 2.64. The minimum absolute atomic E-state index is 0.0821. The van der Waals surface area contributed by atoms with Crippen LogP contribution in [0.25, 0.3) is 43.1 Å². The van der Waals surface area contributed by atoms with Crippen molar-refractivity contribution in [1.29, 1.82) is 0 Å². The van der Waals surface area contributed by atoms with Crippen molar-refractivity contribution in [3.8, 4) is 0 Å². The van der Waals surface area contributed by atoms with Gasteiger partial charge in [-0.2, -0.15) is 0 Å². The maximum Gasteiger partial charge on any atom is 0.0546 e. The number of nitrogens with zero attached hydrogens (tertiary/aromatic N) is 2. The molecule has 76 heavy (non-hydrogen) atoms. The second-order valence-corrected chi connectivity index (χ2v) is 22.8. The first-order chi connectivity index (χ1) is 37.2. The Hall–Kier alpha value is -8.72. The second kappa shape index (κ2) is 16.9. The van der Waals surface area contributed by atoms with E-state index in [1.165, 1.54) is 110 Å². The lowest BCUT2D eigenvalue weighted by molar-refractivity contribution is 0.586. The number of fused-ring (bicyclic) bond motifs is 12. The van der Waals surface area contributed by atoms with Gasteiger partial charge in [-0.3, -0.25) is 0 Å². The van der Waals surface area contributed by atoms with Crippen molar-refractivity contribution in [2.24, 2.45) is 11.8 Å². The van der Waals surface area contributed by atoms with E-state index < -0.39 is 5.41 Å². The molecule has 0 saturated heterocycles. The first-order valence-electron chi connectivity index (χ1n) is 27.2. The zero-order valence-electron chi connectivity index (χ0n) is 43.5. The Balaban J connectivity index is 0.975. The normalized spacial score (nSPS) is 18.5. The fraction of sp³-hybridized carbons (Fsp3) is 0.135. The molecule has 364 valence electrons. The first-order valence-corrected chi connectivity index (χ1v) is 27.2. The van der Waals surface area contributed by atoms with Gasteiger partial charge in [0.05, 0.1) is 22.7 Å². The number of rotatable bonds is 7. The van der Waals surface area contributed by atoms with Crippen LogP contribution in [0.5, 0.6) is 0 Å². The van der Waals surface area contributed by atoms with Gasteiger partial charge in [0.2, 0.25) is 0 Å². The summed E-state index contributed by atoms with van der Waals surface area (Å²) in [6.45, 7) is 9.90. The molecule has 0 N–H and O–H groups in total. The number of para-hydroxylation sites is 1. The predicted octanol–water partition coefficient (Wildman–Crippen LogP) is 19.6. The van der Waals surface area contributed by atoms with Gasteiger partial charge in [0.15, 0.2) is 0 Å². The average molecular weight is 975 g/mol. The zero-order chi connectivity index (χ0) is 50.9. The molecule has 2 heteroatoms. The highest BCUT2D eigenvalue weighted by atomic mass is 15.2. The standard InChI is InChI=1S/C74H58N2/c1-73(2)65-31-17-18-32-69(65)76-70-38-37-56(75(55-36-35-49-20-6-8-22-51(49)41-55)71-45-53-24-10-12-26-58(53)60-28-15-16-30-62(60)71)46-66(70)74(3,4)68-44-54(43-67(73)72(68)76)63(40-47-33-34-48-19-5-7-21-50(48)39-47)64-42-52-23-9-11-25-57(52)59-27-13-14-29-61(59)64/h5-39,41-46,57,59,63H,40H2,1-4H3. The van der Waals surface area contributed by atoms with Crippen LogP contribution in [0, 0.1) is 11.8 Å². The fourth-order valence-electron chi connectivity index (χ4n) is 14.0. The van der Waals surface area contributed by atoms with Crippen LogP contribution in [-0.2, 0) is 17.3 Å². The summed E-state index contributed by atoms with van der Waals surface area (Å²) in [4.78, 5) is 5.15. The van der Waals surface area contributed by atoms with Gasteiger partial charge in [-0.15, -0.1) is 0 Å². The van der Waals surface area contributed by atoms with Gasteiger partial charge in [-0.25, -0.2) is 0 Å². The fourth-order valence-corrected chi connectivity index (χ4v) is 14.0. The van der Waals surface area contributed by atoms with Crippen LogP contribution in [0.3, 0.4) is 0 Å². The van der Waals surface area contributed by atoms with Gasteiger partial charge in [0.25, 0.3) is 0 Å². The van der Waals surface area contributed by atoms with E-state index >= 15 is 0 Å². The third-order valence-corrected chi connectivity index (χ3v) is 17.9. The molecule has 0 saturated carbocycles. The number of benzene rings is 10. The van der Waals surface area contributed by atoms with Gasteiger partial charge in [-0.05, 0) is 137 Å². The molecule has 0 fully saturated rings. The summed E-state index contributed by atoms with van der Waals surface area (Å²) < 4.78 is 0. The van der Waals surface area contributed by atoms with E-state index in [2.05, 4.69) is 286 Å². The minimum atomic E-state index is -0.404.